The van der Waals surface area contributed by atoms with E-state index in [0.717, 1.165) is 13.3 Å². The highest BCUT2D eigenvalue weighted by atomic mass is 79.9. The van der Waals surface area contributed by atoms with Crippen molar-refractivity contribution in [2.45, 2.75) is 6.43 Å². The lowest BCUT2D eigenvalue weighted by molar-refractivity contribution is 0.0588. The molecule has 0 unspecified atom stereocenters. The van der Waals surface area contributed by atoms with Gasteiger partial charge in [-0.25, -0.2) is 18.6 Å². The van der Waals surface area contributed by atoms with Crippen molar-refractivity contribution in [3.8, 4) is 6.07 Å². The zero-order chi connectivity index (χ0) is 12.3. The van der Waals surface area contributed by atoms with Gasteiger partial charge in [0.25, 0.3) is 6.43 Å². The molecule has 0 saturated carbocycles. The lowest BCUT2D eigenvalue weighted by Crippen LogP contribution is -2.09. The van der Waals surface area contributed by atoms with Gasteiger partial charge in [-0.2, -0.15) is 5.26 Å². The maximum absolute atomic E-state index is 12.7. The maximum atomic E-state index is 12.7. The topological polar surface area (TPSA) is 63.0 Å². The van der Waals surface area contributed by atoms with Crippen LogP contribution in [0.2, 0.25) is 0 Å². The van der Waals surface area contributed by atoms with E-state index in [9.17, 15) is 13.6 Å². The van der Waals surface area contributed by atoms with Crippen LogP contribution in [0, 0.1) is 11.3 Å². The third kappa shape index (κ3) is 2.17. The third-order valence-electron chi connectivity index (χ3n) is 1.79. The Morgan fingerprint density at radius 1 is 1.69 bits per heavy atom. The first kappa shape index (κ1) is 12.5. The van der Waals surface area contributed by atoms with Crippen molar-refractivity contribution in [1.82, 2.24) is 4.98 Å². The summed E-state index contributed by atoms with van der Waals surface area (Å²) in [5, 5.41) is 8.61. The number of esters is 1. The largest absolute Gasteiger partial charge is 0.465 e. The molecule has 0 fully saturated rings. The van der Waals surface area contributed by atoms with E-state index in [1.54, 1.807) is 6.07 Å². The van der Waals surface area contributed by atoms with Crippen LogP contribution in [0.25, 0.3) is 0 Å². The van der Waals surface area contributed by atoms with Crippen molar-refractivity contribution in [3.63, 3.8) is 0 Å². The zero-order valence-electron chi connectivity index (χ0n) is 8.00. The summed E-state index contributed by atoms with van der Waals surface area (Å²) < 4.78 is 29.6. The van der Waals surface area contributed by atoms with Crippen molar-refractivity contribution in [1.29, 1.82) is 5.26 Å². The van der Waals surface area contributed by atoms with Crippen LogP contribution in [-0.2, 0) is 4.74 Å². The SMILES string of the molecule is COC(=O)c1cnc(C#N)c(Br)c1C(F)F. The van der Waals surface area contributed by atoms with E-state index >= 15 is 0 Å². The third-order valence-corrected chi connectivity index (χ3v) is 2.59. The summed E-state index contributed by atoms with van der Waals surface area (Å²) >= 11 is 2.82. The van der Waals surface area contributed by atoms with Crippen LogP contribution >= 0.6 is 15.9 Å². The summed E-state index contributed by atoms with van der Waals surface area (Å²) in [6, 6.07) is 1.63. The molecule has 0 N–H and O–H groups in total. The van der Waals surface area contributed by atoms with Crippen molar-refractivity contribution in [2.75, 3.05) is 7.11 Å². The molecule has 0 aliphatic rings. The van der Waals surface area contributed by atoms with Gasteiger partial charge in [0.1, 0.15) is 6.07 Å². The molecule has 1 aromatic heterocycles. The number of carbonyl (C=O) groups is 1. The Morgan fingerprint density at radius 3 is 2.75 bits per heavy atom. The lowest BCUT2D eigenvalue weighted by atomic mass is 10.1. The van der Waals surface area contributed by atoms with E-state index in [1.165, 1.54) is 0 Å². The van der Waals surface area contributed by atoms with Crippen LogP contribution in [0.4, 0.5) is 8.78 Å². The number of methoxy groups -OCH3 is 1. The minimum Gasteiger partial charge on any atom is -0.465 e. The number of ether oxygens (including phenoxy) is 1. The Hall–Kier alpha value is -1.55. The summed E-state index contributed by atoms with van der Waals surface area (Å²) in [5.74, 6) is -0.923. The number of nitriles is 1. The molecule has 1 aromatic rings. The number of carbonyl (C=O) groups excluding carboxylic acids is 1. The molecule has 0 aliphatic carbocycles. The maximum Gasteiger partial charge on any atom is 0.339 e. The fourth-order valence-corrected chi connectivity index (χ4v) is 1.64. The highest BCUT2D eigenvalue weighted by molar-refractivity contribution is 9.10. The van der Waals surface area contributed by atoms with Gasteiger partial charge < -0.3 is 4.74 Å². The van der Waals surface area contributed by atoms with Crippen molar-refractivity contribution >= 4 is 21.9 Å². The number of rotatable bonds is 2. The molecule has 0 aromatic carbocycles. The molecule has 4 nitrogen and oxygen atoms in total. The van der Waals surface area contributed by atoms with Crippen LogP contribution in [0.15, 0.2) is 10.7 Å². The quantitative estimate of drug-likeness (QED) is 0.785. The van der Waals surface area contributed by atoms with Gasteiger partial charge in [0.2, 0.25) is 0 Å². The zero-order valence-corrected chi connectivity index (χ0v) is 9.59. The molecule has 0 amide bonds. The predicted molar refractivity (Wildman–Crippen MR) is 52.9 cm³/mol. The molecule has 0 spiro atoms. The van der Waals surface area contributed by atoms with Crippen LogP contribution in [-0.4, -0.2) is 18.1 Å². The van der Waals surface area contributed by atoms with Gasteiger partial charge in [-0.15, -0.1) is 0 Å². The van der Waals surface area contributed by atoms with E-state index in [0.29, 0.717) is 0 Å². The second-order valence-electron chi connectivity index (χ2n) is 2.65. The molecule has 0 saturated heterocycles. The van der Waals surface area contributed by atoms with Gasteiger partial charge in [0.05, 0.1) is 22.7 Å². The monoisotopic (exact) mass is 290 g/mol. The first-order valence-corrected chi connectivity index (χ1v) is 4.77. The van der Waals surface area contributed by atoms with Gasteiger partial charge in [-0.1, -0.05) is 0 Å². The van der Waals surface area contributed by atoms with Crippen molar-refractivity contribution < 1.29 is 18.3 Å². The molecule has 0 atom stereocenters. The Balaban J connectivity index is 3.48. The van der Waals surface area contributed by atoms with Crippen molar-refractivity contribution in [2.24, 2.45) is 0 Å². The fraction of sp³-hybridized carbons (Fsp3) is 0.222. The second kappa shape index (κ2) is 4.99. The minimum absolute atomic E-state index is 0.187. The second-order valence-corrected chi connectivity index (χ2v) is 3.45. The molecule has 0 aliphatic heterocycles. The summed E-state index contributed by atoms with van der Waals surface area (Å²) in [5.41, 5.74) is -1.15. The van der Waals surface area contributed by atoms with E-state index in [1.807, 2.05) is 0 Å². The number of alkyl halides is 2. The Bertz CT molecular complexity index is 471. The highest BCUT2D eigenvalue weighted by Crippen LogP contribution is 2.32. The average molecular weight is 291 g/mol. The van der Waals surface area contributed by atoms with E-state index in [2.05, 4.69) is 25.7 Å². The van der Waals surface area contributed by atoms with Crippen LogP contribution in [0.3, 0.4) is 0 Å². The molecule has 0 bridgehead atoms. The van der Waals surface area contributed by atoms with Crippen LogP contribution in [0.1, 0.15) is 28.0 Å². The van der Waals surface area contributed by atoms with Crippen LogP contribution < -0.4 is 0 Å². The van der Waals surface area contributed by atoms with Crippen molar-refractivity contribution in [3.05, 3.63) is 27.5 Å². The van der Waals surface area contributed by atoms with Crippen LogP contribution in [0.5, 0.6) is 0 Å². The molecular formula is C9H5BrF2N2O2. The van der Waals surface area contributed by atoms with E-state index in [-0.39, 0.29) is 15.7 Å². The molecule has 0 radical (unpaired) electrons. The number of halogens is 3. The molecule has 1 rings (SSSR count). The molecule has 16 heavy (non-hydrogen) atoms. The number of pyridine rings is 1. The van der Waals surface area contributed by atoms with E-state index in [4.69, 9.17) is 5.26 Å². The van der Waals surface area contributed by atoms with Gasteiger partial charge in [-0.05, 0) is 15.9 Å². The van der Waals surface area contributed by atoms with Gasteiger partial charge in [0, 0.05) is 6.20 Å². The summed E-state index contributed by atoms with van der Waals surface area (Å²) in [7, 11) is 1.07. The Kier molecular flexibility index (Phi) is 3.90. The number of hydrogen-bond donors (Lipinski definition) is 0. The highest BCUT2D eigenvalue weighted by Gasteiger charge is 2.24. The van der Waals surface area contributed by atoms with Gasteiger partial charge in [-0.3, -0.25) is 0 Å². The Labute approximate surface area is 98.0 Å². The summed E-state index contributed by atoms with van der Waals surface area (Å²) in [6.45, 7) is 0. The molecular weight excluding hydrogens is 286 g/mol. The molecule has 7 heteroatoms. The summed E-state index contributed by atoms with van der Waals surface area (Å²) in [4.78, 5) is 14.8. The normalized spacial score (nSPS) is 10.0. The molecule has 84 valence electrons. The Morgan fingerprint density at radius 2 is 2.31 bits per heavy atom. The van der Waals surface area contributed by atoms with Gasteiger partial charge >= 0.3 is 5.97 Å². The summed E-state index contributed by atoms with van der Waals surface area (Å²) in [6.07, 6.45) is -2.00. The predicted octanol–water partition coefficient (Wildman–Crippen LogP) is 2.44. The average Bonchev–Trinajstić information content (AvgIpc) is 2.26. The first-order valence-electron chi connectivity index (χ1n) is 3.97. The van der Waals surface area contributed by atoms with E-state index < -0.39 is 18.0 Å². The first-order chi connectivity index (χ1) is 7.52. The van der Waals surface area contributed by atoms with Gasteiger partial charge in [0.15, 0.2) is 5.69 Å². The number of aromatic nitrogens is 1. The number of nitrogens with zero attached hydrogens (tertiary/aromatic N) is 2. The minimum atomic E-state index is -2.90. The molecule has 1 heterocycles. The number of hydrogen-bond acceptors (Lipinski definition) is 4. The lowest BCUT2D eigenvalue weighted by Gasteiger charge is -2.09. The smallest absolute Gasteiger partial charge is 0.339 e. The standard InChI is InChI=1S/C9H5BrF2N2O2/c1-16-9(15)4-3-14-5(2-13)7(10)6(4)8(11)12/h3,8H,1H3. The fourth-order valence-electron chi connectivity index (χ4n) is 1.07.